The minimum Gasteiger partial charge on any atom is -0.368 e. The number of nitrogen functional groups attached to an aromatic ring is 1. The zero-order valence-corrected chi connectivity index (χ0v) is 11.9. The quantitative estimate of drug-likeness (QED) is 0.902. The molecule has 20 heavy (non-hydrogen) atoms. The molecule has 0 aliphatic carbocycles. The van der Waals surface area contributed by atoms with Gasteiger partial charge >= 0.3 is 0 Å². The fourth-order valence-electron chi connectivity index (χ4n) is 2.23. The molecule has 0 spiro atoms. The second-order valence-electron chi connectivity index (χ2n) is 5.17. The van der Waals surface area contributed by atoms with Crippen molar-refractivity contribution in [2.45, 2.75) is 20.3 Å². The van der Waals surface area contributed by atoms with Gasteiger partial charge in [0.15, 0.2) is 0 Å². The van der Waals surface area contributed by atoms with E-state index in [0.29, 0.717) is 18.9 Å². The largest absolute Gasteiger partial charge is 0.368 e. The van der Waals surface area contributed by atoms with Crippen LogP contribution < -0.4 is 10.6 Å². The van der Waals surface area contributed by atoms with Gasteiger partial charge in [0.05, 0.1) is 18.0 Å². The molecule has 0 unspecified atom stereocenters. The number of nitriles is 1. The molecule has 0 bridgehead atoms. The lowest BCUT2D eigenvalue weighted by Gasteiger charge is -2.26. The normalized spacial score (nSPS) is 10.7. The van der Waals surface area contributed by atoms with Gasteiger partial charge in [0, 0.05) is 18.5 Å². The molecule has 1 aromatic heterocycles. The molecular weight excluding hydrogens is 250 g/mol. The van der Waals surface area contributed by atoms with Crippen LogP contribution >= 0.6 is 0 Å². The molecule has 0 aliphatic heterocycles. The van der Waals surface area contributed by atoms with Gasteiger partial charge in [-0.25, -0.2) is 4.98 Å². The van der Waals surface area contributed by atoms with Crippen LogP contribution in [0.15, 0.2) is 24.3 Å². The van der Waals surface area contributed by atoms with Crippen LogP contribution in [0.4, 0.5) is 11.8 Å². The molecule has 0 amide bonds. The fraction of sp³-hybridized carbons (Fsp3) is 0.400. The van der Waals surface area contributed by atoms with Gasteiger partial charge in [0.2, 0.25) is 5.95 Å². The topological polar surface area (TPSA) is 78.8 Å². The number of hydrogen-bond acceptors (Lipinski definition) is 5. The third kappa shape index (κ3) is 3.15. The Bertz CT molecular complexity index is 630. The first-order chi connectivity index (χ1) is 9.61. The number of anilines is 2. The first kappa shape index (κ1) is 14.1. The highest BCUT2D eigenvalue weighted by Crippen LogP contribution is 2.25. The van der Waals surface area contributed by atoms with E-state index in [0.717, 1.165) is 23.3 Å². The molecule has 2 N–H and O–H groups in total. The van der Waals surface area contributed by atoms with Crippen molar-refractivity contribution < 1.29 is 0 Å². The molecule has 104 valence electrons. The molecule has 0 saturated heterocycles. The van der Waals surface area contributed by atoms with Crippen LogP contribution in [-0.2, 0) is 0 Å². The van der Waals surface area contributed by atoms with Crippen LogP contribution in [0.25, 0.3) is 10.9 Å². The van der Waals surface area contributed by atoms with E-state index in [9.17, 15) is 0 Å². The Morgan fingerprint density at radius 2 is 2.05 bits per heavy atom. The molecule has 1 aromatic carbocycles. The summed E-state index contributed by atoms with van der Waals surface area (Å²) in [6.07, 6.45) is 0.463. The SMILES string of the molecule is CC(C)CN(CCC#N)c1nc(N)nc2ccccc12. The van der Waals surface area contributed by atoms with Crippen LogP contribution in [0, 0.1) is 17.2 Å². The van der Waals surface area contributed by atoms with E-state index in [1.165, 1.54) is 0 Å². The van der Waals surface area contributed by atoms with Gasteiger partial charge in [-0.1, -0.05) is 26.0 Å². The first-order valence-corrected chi connectivity index (χ1v) is 6.76. The molecule has 2 rings (SSSR count). The van der Waals surface area contributed by atoms with Crippen molar-refractivity contribution >= 4 is 22.7 Å². The van der Waals surface area contributed by atoms with Gasteiger partial charge in [-0.15, -0.1) is 0 Å². The number of aromatic nitrogens is 2. The van der Waals surface area contributed by atoms with Crippen LogP contribution in [0.2, 0.25) is 0 Å². The van der Waals surface area contributed by atoms with Gasteiger partial charge in [0.1, 0.15) is 5.82 Å². The molecule has 0 atom stereocenters. The standard InChI is InChI=1S/C15H19N5/c1-11(2)10-20(9-5-8-16)14-12-6-3-4-7-13(12)18-15(17)19-14/h3-4,6-7,11H,5,9-10H2,1-2H3,(H2,17,18,19). The molecule has 0 saturated carbocycles. The molecule has 5 heteroatoms. The minimum absolute atomic E-state index is 0.268. The minimum atomic E-state index is 0.268. The Labute approximate surface area is 119 Å². The lowest BCUT2D eigenvalue weighted by molar-refractivity contribution is 0.609. The van der Waals surface area contributed by atoms with E-state index >= 15 is 0 Å². The molecule has 0 radical (unpaired) electrons. The Hall–Kier alpha value is -2.35. The Balaban J connectivity index is 2.48. The van der Waals surface area contributed by atoms with Crippen LogP contribution in [0.5, 0.6) is 0 Å². The summed E-state index contributed by atoms with van der Waals surface area (Å²) in [5.74, 6) is 1.56. The third-order valence-corrected chi connectivity index (χ3v) is 2.98. The predicted octanol–water partition coefficient (Wildman–Crippen LogP) is 2.59. The second-order valence-corrected chi connectivity index (χ2v) is 5.17. The van der Waals surface area contributed by atoms with Crippen molar-refractivity contribution in [1.82, 2.24) is 9.97 Å². The zero-order chi connectivity index (χ0) is 14.5. The number of fused-ring (bicyclic) bond motifs is 1. The maximum absolute atomic E-state index is 8.83. The lowest BCUT2D eigenvalue weighted by Crippen LogP contribution is -2.30. The van der Waals surface area contributed by atoms with E-state index < -0.39 is 0 Å². The van der Waals surface area contributed by atoms with Crippen molar-refractivity contribution in [3.05, 3.63) is 24.3 Å². The highest BCUT2D eigenvalue weighted by molar-refractivity contribution is 5.90. The molecule has 2 aromatic rings. The van der Waals surface area contributed by atoms with Gasteiger partial charge in [-0.2, -0.15) is 10.2 Å². The van der Waals surface area contributed by atoms with Crippen molar-refractivity contribution in [1.29, 1.82) is 5.26 Å². The van der Waals surface area contributed by atoms with Crippen molar-refractivity contribution in [3.8, 4) is 6.07 Å². The Kier molecular flexibility index (Phi) is 4.36. The maximum atomic E-state index is 8.83. The molecule has 0 aliphatic rings. The van der Waals surface area contributed by atoms with Gasteiger partial charge in [-0.05, 0) is 18.1 Å². The Morgan fingerprint density at radius 1 is 1.30 bits per heavy atom. The van der Waals surface area contributed by atoms with E-state index in [2.05, 4.69) is 34.8 Å². The van der Waals surface area contributed by atoms with Crippen LogP contribution in [-0.4, -0.2) is 23.1 Å². The number of nitrogens with zero attached hydrogens (tertiary/aromatic N) is 4. The number of nitrogens with two attached hydrogens (primary N) is 1. The lowest BCUT2D eigenvalue weighted by atomic mass is 10.1. The smallest absolute Gasteiger partial charge is 0.222 e. The summed E-state index contributed by atoms with van der Waals surface area (Å²) in [4.78, 5) is 10.8. The van der Waals surface area contributed by atoms with E-state index in [-0.39, 0.29) is 5.95 Å². The van der Waals surface area contributed by atoms with Crippen molar-refractivity contribution in [2.24, 2.45) is 5.92 Å². The summed E-state index contributed by atoms with van der Waals surface area (Å²) < 4.78 is 0. The summed E-state index contributed by atoms with van der Waals surface area (Å²) in [5, 5.41) is 9.80. The van der Waals surface area contributed by atoms with Gasteiger partial charge in [0.25, 0.3) is 0 Å². The van der Waals surface area contributed by atoms with E-state index in [1.54, 1.807) is 0 Å². The fourth-order valence-corrected chi connectivity index (χ4v) is 2.23. The maximum Gasteiger partial charge on any atom is 0.222 e. The van der Waals surface area contributed by atoms with Crippen LogP contribution in [0.3, 0.4) is 0 Å². The van der Waals surface area contributed by atoms with Crippen molar-refractivity contribution in [3.63, 3.8) is 0 Å². The number of benzene rings is 1. The number of hydrogen-bond donors (Lipinski definition) is 1. The average Bonchev–Trinajstić information content (AvgIpc) is 2.42. The van der Waals surface area contributed by atoms with Crippen LogP contribution in [0.1, 0.15) is 20.3 Å². The monoisotopic (exact) mass is 269 g/mol. The molecule has 1 heterocycles. The highest BCUT2D eigenvalue weighted by atomic mass is 15.2. The van der Waals surface area contributed by atoms with Gasteiger partial charge in [-0.3, -0.25) is 0 Å². The molecular formula is C15H19N5. The average molecular weight is 269 g/mol. The summed E-state index contributed by atoms with van der Waals surface area (Å²) in [6, 6.07) is 10.00. The highest BCUT2D eigenvalue weighted by Gasteiger charge is 2.14. The number of para-hydroxylation sites is 1. The van der Waals surface area contributed by atoms with Gasteiger partial charge < -0.3 is 10.6 Å². The summed E-state index contributed by atoms with van der Waals surface area (Å²) in [6.45, 7) is 5.77. The first-order valence-electron chi connectivity index (χ1n) is 6.76. The Morgan fingerprint density at radius 3 is 2.75 bits per heavy atom. The van der Waals surface area contributed by atoms with Crippen molar-refractivity contribution in [2.75, 3.05) is 23.7 Å². The van der Waals surface area contributed by atoms with E-state index in [4.69, 9.17) is 11.0 Å². The third-order valence-electron chi connectivity index (χ3n) is 2.98. The zero-order valence-electron chi connectivity index (χ0n) is 11.9. The second kappa shape index (κ2) is 6.20. The summed E-state index contributed by atoms with van der Waals surface area (Å²) >= 11 is 0. The predicted molar refractivity (Wildman–Crippen MR) is 81.2 cm³/mol. The molecule has 0 fully saturated rings. The summed E-state index contributed by atoms with van der Waals surface area (Å²) in [5.41, 5.74) is 6.64. The molecule has 5 nitrogen and oxygen atoms in total. The number of rotatable bonds is 5. The van der Waals surface area contributed by atoms with E-state index in [1.807, 2.05) is 24.3 Å². The summed E-state index contributed by atoms with van der Waals surface area (Å²) in [7, 11) is 0.